The molecule has 1 aromatic rings. The van der Waals surface area contributed by atoms with Gasteiger partial charge in [-0.2, -0.15) is 0 Å². The lowest BCUT2D eigenvalue weighted by atomic mass is 10.1. The molecule has 0 radical (unpaired) electrons. The fourth-order valence-electron chi connectivity index (χ4n) is 1.52. The number of pyridine rings is 1. The molecule has 18 heavy (non-hydrogen) atoms. The molecule has 3 nitrogen and oxygen atoms in total. The smallest absolute Gasteiger partial charge is 0.214 e. The number of nitrogens with one attached hydrogen (secondary N) is 1. The van der Waals surface area contributed by atoms with Crippen molar-refractivity contribution >= 4 is 0 Å². The number of rotatable bonds is 7. The van der Waals surface area contributed by atoms with Crippen LogP contribution in [0, 0.1) is 0 Å². The predicted molar refractivity (Wildman–Crippen MR) is 76.0 cm³/mol. The standard InChI is InChI=1S/C15H24N2O/c1-6-7-18-15-9-13(10-16-12(4)5)8-14(17-15)11(2)3/h6,8-9,11-12,16H,1,7,10H2,2-5H3. The maximum Gasteiger partial charge on any atom is 0.214 e. The number of hydrogen-bond donors (Lipinski definition) is 1. The van der Waals surface area contributed by atoms with E-state index in [1.165, 1.54) is 5.56 Å². The summed E-state index contributed by atoms with van der Waals surface area (Å²) in [5.74, 6) is 1.08. The van der Waals surface area contributed by atoms with Crippen molar-refractivity contribution < 1.29 is 4.74 Å². The van der Waals surface area contributed by atoms with Gasteiger partial charge in [0.15, 0.2) is 0 Å². The van der Waals surface area contributed by atoms with Crippen molar-refractivity contribution in [2.75, 3.05) is 6.61 Å². The second-order valence-corrected chi connectivity index (χ2v) is 5.03. The third-order valence-corrected chi connectivity index (χ3v) is 2.54. The highest BCUT2D eigenvalue weighted by atomic mass is 16.5. The third-order valence-electron chi connectivity index (χ3n) is 2.54. The molecule has 0 spiro atoms. The Morgan fingerprint density at radius 1 is 1.33 bits per heavy atom. The molecular weight excluding hydrogens is 224 g/mol. The minimum atomic E-state index is 0.398. The van der Waals surface area contributed by atoms with Gasteiger partial charge in [-0.15, -0.1) is 0 Å². The Labute approximate surface area is 110 Å². The molecule has 1 heterocycles. The van der Waals surface area contributed by atoms with Crippen molar-refractivity contribution in [3.05, 3.63) is 36.0 Å². The van der Waals surface area contributed by atoms with E-state index in [2.05, 4.69) is 50.6 Å². The van der Waals surface area contributed by atoms with Crippen molar-refractivity contribution in [2.24, 2.45) is 0 Å². The minimum absolute atomic E-state index is 0.398. The Balaban J connectivity index is 2.87. The lowest BCUT2D eigenvalue weighted by Gasteiger charge is -2.13. The molecule has 0 aliphatic carbocycles. The van der Waals surface area contributed by atoms with Crippen molar-refractivity contribution in [1.29, 1.82) is 0 Å². The van der Waals surface area contributed by atoms with Crippen LogP contribution in [0.15, 0.2) is 24.8 Å². The van der Waals surface area contributed by atoms with E-state index in [1.807, 2.05) is 6.07 Å². The topological polar surface area (TPSA) is 34.1 Å². The maximum absolute atomic E-state index is 5.54. The monoisotopic (exact) mass is 248 g/mol. The van der Waals surface area contributed by atoms with Crippen molar-refractivity contribution in [3.63, 3.8) is 0 Å². The molecule has 100 valence electrons. The lowest BCUT2D eigenvalue weighted by molar-refractivity contribution is 0.346. The summed E-state index contributed by atoms with van der Waals surface area (Å²) in [6, 6.07) is 4.60. The largest absolute Gasteiger partial charge is 0.473 e. The number of nitrogens with zero attached hydrogens (tertiary/aromatic N) is 1. The van der Waals surface area contributed by atoms with Crippen LogP contribution >= 0.6 is 0 Å². The van der Waals surface area contributed by atoms with Gasteiger partial charge in [0.1, 0.15) is 6.61 Å². The molecular formula is C15H24N2O. The van der Waals surface area contributed by atoms with Crippen LogP contribution in [0.1, 0.15) is 44.9 Å². The molecule has 1 aromatic heterocycles. The Bertz CT molecular complexity index is 386. The van der Waals surface area contributed by atoms with Crippen LogP contribution in [0.25, 0.3) is 0 Å². The summed E-state index contributed by atoms with van der Waals surface area (Å²) in [4.78, 5) is 4.50. The highest BCUT2D eigenvalue weighted by Crippen LogP contribution is 2.19. The maximum atomic E-state index is 5.54. The average molecular weight is 248 g/mol. The van der Waals surface area contributed by atoms with Gasteiger partial charge in [-0.3, -0.25) is 0 Å². The van der Waals surface area contributed by atoms with Gasteiger partial charge in [0.05, 0.1) is 0 Å². The van der Waals surface area contributed by atoms with Gasteiger partial charge < -0.3 is 10.1 Å². The van der Waals surface area contributed by atoms with E-state index in [0.29, 0.717) is 24.4 Å². The first-order valence-electron chi connectivity index (χ1n) is 6.51. The van der Waals surface area contributed by atoms with Gasteiger partial charge in [-0.05, 0) is 17.5 Å². The summed E-state index contributed by atoms with van der Waals surface area (Å²) in [7, 11) is 0. The van der Waals surface area contributed by atoms with E-state index in [-0.39, 0.29) is 0 Å². The van der Waals surface area contributed by atoms with E-state index in [9.17, 15) is 0 Å². The summed E-state index contributed by atoms with van der Waals surface area (Å²) in [5.41, 5.74) is 2.28. The number of hydrogen-bond acceptors (Lipinski definition) is 3. The zero-order valence-electron chi connectivity index (χ0n) is 11.9. The molecule has 0 unspecified atom stereocenters. The normalized spacial score (nSPS) is 11.0. The van der Waals surface area contributed by atoms with Crippen LogP contribution in [0.2, 0.25) is 0 Å². The van der Waals surface area contributed by atoms with E-state index >= 15 is 0 Å². The third kappa shape index (κ3) is 4.88. The fraction of sp³-hybridized carbons (Fsp3) is 0.533. The Hall–Kier alpha value is -1.35. The van der Waals surface area contributed by atoms with Gasteiger partial charge >= 0.3 is 0 Å². The van der Waals surface area contributed by atoms with Gasteiger partial charge in [-0.1, -0.05) is 40.3 Å². The van der Waals surface area contributed by atoms with Crippen LogP contribution in [-0.4, -0.2) is 17.6 Å². The first-order valence-corrected chi connectivity index (χ1v) is 6.51. The molecule has 0 atom stereocenters. The summed E-state index contributed by atoms with van der Waals surface area (Å²) in [6.07, 6.45) is 1.73. The summed E-state index contributed by atoms with van der Waals surface area (Å²) in [5, 5.41) is 3.41. The van der Waals surface area contributed by atoms with E-state index in [0.717, 1.165) is 12.2 Å². The van der Waals surface area contributed by atoms with Crippen LogP contribution < -0.4 is 10.1 Å². The zero-order chi connectivity index (χ0) is 13.5. The van der Waals surface area contributed by atoms with Crippen molar-refractivity contribution in [1.82, 2.24) is 10.3 Å². The first-order chi connectivity index (χ1) is 8.52. The summed E-state index contributed by atoms with van der Waals surface area (Å²) in [6.45, 7) is 13.5. The molecule has 0 amide bonds. The molecule has 1 N–H and O–H groups in total. The minimum Gasteiger partial charge on any atom is -0.473 e. The van der Waals surface area contributed by atoms with Crippen molar-refractivity contribution in [3.8, 4) is 5.88 Å². The van der Waals surface area contributed by atoms with Crippen molar-refractivity contribution in [2.45, 2.75) is 46.2 Å². The fourth-order valence-corrected chi connectivity index (χ4v) is 1.52. The average Bonchev–Trinajstić information content (AvgIpc) is 2.33. The highest BCUT2D eigenvalue weighted by molar-refractivity contribution is 5.26. The molecule has 0 aromatic carbocycles. The van der Waals surface area contributed by atoms with E-state index < -0.39 is 0 Å². The molecule has 1 rings (SSSR count). The highest BCUT2D eigenvalue weighted by Gasteiger charge is 2.07. The zero-order valence-corrected chi connectivity index (χ0v) is 11.9. The molecule has 0 fully saturated rings. The molecule has 0 saturated heterocycles. The molecule has 0 saturated carbocycles. The lowest BCUT2D eigenvalue weighted by Crippen LogP contribution is -2.22. The Morgan fingerprint density at radius 2 is 2.06 bits per heavy atom. The van der Waals surface area contributed by atoms with Crippen LogP contribution in [0.5, 0.6) is 5.88 Å². The molecule has 0 bridgehead atoms. The van der Waals surface area contributed by atoms with Crippen LogP contribution in [0.3, 0.4) is 0 Å². The van der Waals surface area contributed by atoms with Gasteiger partial charge in [0, 0.05) is 24.3 Å². The molecule has 3 heteroatoms. The number of aromatic nitrogens is 1. The van der Waals surface area contributed by atoms with Gasteiger partial charge in [-0.25, -0.2) is 4.98 Å². The second kappa shape index (κ2) is 7.17. The van der Waals surface area contributed by atoms with E-state index in [4.69, 9.17) is 4.74 Å². The van der Waals surface area contributed by atoms with Crippen LogP contribution in [-0.2, 0) is 6.54 Å². The Kier molecular flexibility index (Phi) is 5.86. The first kappa shape index (κ1) is 14.7. The summed E-state index contributed by atoms with van der Waals surface area (Å²) >= 11 is 0. The Morgan fingerprint density at radius 3 is 2.61 bits per heavy atom. The molecule has 0 aliphatic heterocycles. The number of ether oxygens (including phenoxy) is 1. The quantitative estimate of drug-likeness (QED) is 0.752. The van der Waals surface area contributed by atoms with Gasteiger partial charge in [0.25, 0.3) is 0 Å². The molecule has 0 aliphatic rings. The van der Waals surface area contributed by atoms with E-state index in [1.54, 1.807) is 6.08 Å². The van der Waals surface area contributed by atoms with Crippen LogP contribution in [0.4, 0.5) is 0 Å². The summed E-state index contributed by atoms with van der Waals surface area (Å²) < 4.78 is 5.54. The predicted octanol–water partition coefficient (Wildman–Crippen LogP) is 3.27. The SMILES string of the molecule is C=CCOc1cc(CNC(C)C)cc(C(C)C)n1. The van der Waals surface area contributed by atoms with Gasteiger partial charge in [0.2, 0.25) is 5.88 Å². The second-order valence-electron chi connectivity index (χ2n) is 5.03.